The summed E-state index contributed by atoms with van der Waals surface area (Å²) in [5.74, 6) is -0.827. The van der Waals surface area contributed by atoms with Gasteiger partial charge in [0.15, 0.2) is 0 Å². The number of amides is 1. The Morgan fingerprint density at radius 1 is 0.935 bits per heavy atom. The average molecular weight is 441 g/mol. The van der Waals surface area contributed by atoms with Gasteiger partial charge < -0.3 is 5.32 Å². The van der Waals surface area contributed by atoms with Gasteiger partial charge in [-0.05, 0) is 55.7 Å². The maximum Gasteiger partial charge on any atom is 0.241 e. The van der Waals surface area contributed by atoms with Crippen LogP contribution in [0.15, 0.2) is 83.8 Å². The summed E-state index contributed by atoms with van der Waals surface area (Å²) >= 11 is 0. The first-order chi connectivity index (χ1) is 14.7. The number of benzene rings is 3. The standard InChI is InChI=1S/C24H25FN2O3S/c1-17-8-14-22(15-9-17)31(29,30)27-23(16-19-6-4-3-5-7-19)24(28)26-18(2)20-10-12-21(25)13-11-20/h3-15,18,23,27H,16H2,1-2H3,(H,26,28)/t18-,23+/m0/s1. The third-order valence-corrected chi connectivity index (χ3v) is 6.44. The van der Waals surface area contributed by atoms with Crippen molar-refractivity contribution in [2.75, 3.05) is 0 Å². The number of halogens is 1. The predicted molar refractivity (Wildman–Crippen MR) is 118 cm³/mol. The van der Waals surface area contributed by atoms with E-state index in [4.69, 9.17) is 0 Å². The van der Waals surface area contributed by atoms with Gasteiger partial charge in [0.05, 0.1) is 10.9 Å². The van der Waals surface area contributed by atoms with Crippen molar-refractivity contribution >= 4 is 15.9 Å². The molecule has 3 aromatic rings. The van der Waals surface area contributed by atoms with Crippen LogP contribution in [-0.2, 0) is 21.2 Å². The molecule has 0 aliphatic heterocycles. The Balaban J connectivity index is 1.82. The van der Waals surface area contributed by atoms with Crippen molar-refractivity contribution in [1.82, 2.24) is 10.0 Å². The summed E-state index contributed by atoms with van der Waals surface area (Å²) in [6.45, 7) is 3.63. The highest BCUT2D eigenvalue weighted by Crippen LogP contribution is 2.16. The van der Waals surface area contributed by atoms with Crippen molar-refractivity contribution in [2.24, 2.45) is 0 Å². The first-order valence-corrected chi connectivity index (χ1v) is 11.4. The Bertz CT molecular complexity index is 1120. The van der Waals surface area contributed by atoms with Gasteiger partial charge >= 0.3 is 0 Å². The number of sulfonamides is 1. The first-order valence-electron chi connectivity index (χ1n) is 9.93. The SMILES string of the molecule is Cc1ccc(S(=O)(=O)N[C@H](Cc2ccccc2)C(=O)N[C@@H](C)c2ccc(F)cc2)cc1. The smallest absolute Gasteiger partial charge is 0.241 e. The molecular weight excluding hydrogens is 415 g/mol. The highest BCUT2D eigenvalue weighted by atomic mass is 32.2. The van der Waals surface area contributed by atoms with E-state index < -0.39 is 28.0 Å². The van der Waals surface area contributed by atoms with E-state index in [2.05, 4.69) is 10.0 Å². The van der Waals surface area contributed by atoms with Gasteiger partial charge in [-0.3, -0.25) is 4.79 Å². The molecule has 7 heteroatoms. The lowest BCUT2D eigenvalue weighted by molar-refractivity contribution is -0.123. The van der Waals surface area contributed by atoms with E-state index in [0.29, 0.717) is 0 Å². The Labute approximate surface area is 182 Å². The number of carbonyl (C=O) groups excluding carboxylic acids is 1. The van der Waals surface area contributed by atoms with E-state index in [-0.39, 0.29) is 17.1 Å². The first kappa shape index (κ1) is 22.7. The lowest BCUT2D eigenvalue weighted by Crippen LogP contribution is -2.48. The minimum absolute atomic E-state index is 0.0931. The number of hydrogen-bond acceptors (Lipinski definition) is 3. The molecule has 0 aromatic heterocycles. The predicted octanol–water partition coefficient (Wildman–Crippen LogP) is 3.90. The second-order valence-corrected chi connectivity index (χ2v) is 9.17. The Morgan fingerprint density at radius 2 is 1.55 bits per heavy atom. The average Bonchev–Trinajstić information content (AvgIpc) is 2.74. The molecule has 0 bridgehead atoms. The second-order valence-electron chi connectivity index (χ2n) is 7.46. The number of nitrogens with one attached hydrogen (secondary N) is 2. The minimum Gasteiger partial charge on any atom is -0.348 e. The van der Waals surface area contributed by atoms with Crippen molar-refractivity contribution < 1.29 is 17.6 Å². The van der Waals surface area contributed by atoms with Crippen molar-refractivity contribution in [2.45, 2.75) is 37.2 Å². The summed E-state index contributed by atoms with van der Waals surface area (Å²) in [6, 6.07) is 20.0. The van der Waals surface area contributed by atoms with Gasteiger partial charge in [0.1, 0.15) is 11.9 Å². The summed E-state index contributed by atoms with van der Waals surface area (Å²) in [6.07, 6.45) is 0.188. The molecule has 0 heterocycles. The molecule has 0 aliphatic rings. The molecule has 0 aliphatic carbocycles. The zero-order valence-electron chi connectivity index (χ0n) is 17.4. The molecule has 0 saturated carbocycles. The molecular formula is C24H25FN2O3S. The van der Waals surface area contributed by atoms with Gasteiger partial charge in [-0.25, -0.2) is 12.8 Å². The van der Waals surface area contributed by atoms with Crippen LogP contribution in [0.1, 0.15) is 29.7 Å². The van der Waals surface area contributed by atoms with Crippen molar-refractivity contribution in [3.8, 4) is 0 Å². The van der Waals surface area contributed by atoms with Crippen LogP contribution in [-0.4, -0.2) is 20.4 Å². The van der Waals surface area contributed by atoms with Gasteiger partial charge in [0, 0.05) is 0 Å². The van der Waals surface area contributed by atoms with Crippen molar-refractivity contribution in [1.29, 1.82) is 0 Å². The van der Waals surface area contributed by atoms with E-state index >= 15 is 0 Å². The van der Waals surface area contributed by atoms with Gasteiger partial charge in [-0.1, -0.05) is 60.2 Å². The number of carbonyl (C=O) groups is 1. The number of rotatable bonds is 8. The molecule has 2 N–H and O–H groups in total. The van der Waals surface area contributed by atoms with E-state index in [1.54, 1.807) is 31.2 Å². The maximum atomic E-state index is 13.2. The monoisotopic (exact) mass is 440 g/mol. The van der Waals surface area contributed by atoms with E-state index in [1.807, 2.05) is 37.3 Å². The van der Waals surface area contributed by atoms with Crippen LogP contribution in [0.4, 0.5) is 4.39 Å². The number of hydrogen-bond donors (Lipinski definition) is 2. The van der Waals surface area contributed by atoms with E-state index in [0.717, 1.165) is 16.7 Å². The van der Waals surface area contributed by atoms with Crippen LogP contribution in [0.2, 0.25) is 0 Å². The molecule has 1 amide bonds. The van der Waals surface area contributed by atoms with Crippen LogP contribution in [0, 0.1) is 12.7 Å². The Kier molecular flexibility index (Phi) is 7.20. The summed E-state index contributed by atoms with van der Waals surface area (Å²) in [5, 5.41) is 2.83. The van der Waals surface area contributed by atoms with Gasteiger partial charge in [0.2, 0.25) is 15.9 Å². The molecule has 0 unspecified atom stereocenters. The number of aryl methyl sites for hydroxylation is 1. The maximum absolute atomic E-state index is 13.2. The van der Waals surface area contributed by atoms with Gasteiger partial charge in [0.25, 0.3) is 0 Å². The third-order valence-electron chi connectivity index (χ3n) is 4.96. The van der Waals surface area contributed by atoms with Crippen LogP contribution < -0.4 is 10.0 Å². The molecule has 0 spiro atoms. The fourth-order valence-corrected chi connectivity index (χ4v) is 4.35. The summed E-state index contributed by atoms with van der Waals surface area (Å²) in [5.41, 5.74) is 2.48. The normalized spacial score (nSPS) is 13.4. The summed E-state index contributed by atoms with van der Waals surface area (Å²) in [4.78, 5) is 13.1. The van der Waals surface area contributed by atoms with Crippen LogP contribution in [0.25, 0.3) is 0 Å². The fraction of sp³-hybridized carbons (Fsp3) is 0.208. The molecule has 2 atom stereocenters. The molecule has 3 aromatic carbocycles. The van der Waals surface area contributed by atoms with Crippen molar-refractivity contribution in [3.05, 3.63) is 101 Å². The summed E-state index contributed by atoms with van der Waals surface area (Å²) < 4.78 is 41.6. The van der Waals surface area contributed by atoms with Crippen LogP contribution in [0.3, 0.4) is 0 Å². The molecule has 162 valence electrons. The fourth-order valence-electron chi connectivity index (χ4n) is 3.16. The molecule has 31 heavy (non-hydrogen) atoms. The van der Waals surface area contributed by atoms with Crippen LogP contribution >= 0.6 is 0 Å². The molecule has 5 nitrogen and oxygen atoms in total. The van der Waals surface area contributed by atoms with E-state index in [9.17, 15) is 17.6 Å². The topological polar surface area (TPSA) is 75.3 Å². The minimum atomic E-state index is -3.91. The highest BCUT2D eigenvalue weighted by Gasteiger charge is 2.27. The van der Waals surface area contributed by atoms with Crippen LogP contribution in [0.5, 0.6) is 0 Å². The summed E-state index contributed by atoms with van der Waals surface area (Å²) in [7, 11) is -3.91. The molecule has 0 saturated heterocycles. The lowest BCUT2D eigenvalue weighted by Gasteiger charge is -2.22. The molecule has 0 fully saturated rings. The molecule has 3 rings (SSSR count). The zero-order chi connectivity index (χ0) is 22.4. The zero-order valence-corrected chi connectivity index (χ0v) is 18.2. The quantitative estimate of drug-likeness (QED) is 0.558. The van der Waals surface area contributed by atoms with E-state index in [1.165, 1.54) is 24.3 Å². The van der Waals surface area contributed by atoms with Crippen molar-refractivity contribution in [3.63, 3.8) is 0 Å². The van der Waals surface area contributed by atoms with Gasteiger partial charge in [-0.2, -0.15) is 4.72 Å². The second kappa shape index (κ2) is 9.85. The largest absolute Gasteiger partial charge is 0.348 e. The molecule has 0 radical (unpaired) electrons. The third kappa shape index (κ3) is 6.23. The lowest BCUT2D eigenvalue weighted by atomic mass is 10.0. The Hall–Kier alpha value is -3.03. The Morgan fingerprint density at radius 3 is 2.16 bits per heavy atom. The van der Waals surface area contributed by atoms with Gasteiger partial charge in [-0.15, -0.1) is 0 Å². The highest BCUT2D eigenvalue weighted by molar-refractivity contribution is 7.89.